The molecule has 0 aliphatic carbocycles. The molecule has 1 aromatic rings. The van der Waals surface area contributed by atoms with Crippen molar-refractivity contribution in [3.8, 4) is 0 Å². The third kappa shape index (κ3) is 4.48. The summed E-state index contributed by atoms with van der Waals surface area (Å²) >= 11 is 0. The molecule has 3 N–H and O–H groups in total. The smallest absolute Gasteiger partial charge is 0.0726 e. The monoisotopic (exact) mass is 264 g/mol. The molecule has 0 aliphatic rings. The average Bonchev–Trinajstić information content (AvgIpc) is 2.71. The van der Waals surface area contributed by atoms with Gasteiger partial charge in [-0.05, 0) is 19.9 Å². The van der Waals surface area contributed by atoms with Crippen molar-refractivity contribution in [1.82, 2.24) is 15.1 Å². The van der Waals surface area contributed by atoms with Gasteiger partial charge in [0, 0.05) is 36.8 Å². The SMILES string of the molecule is C/C=C/CCNC(CN)c1cn(C)nc1C(C)(C)C. The molecule has 1 atom stereocenters. The van der Waals surface area contributed by atoms with Crippen molar-refractivity contribution < 1.29 is 0 Å². The summed E-state index contributed by atoms with van der Waals surface area (Å²) < 4.78 is 1.88. The molecule has 1 rings (SSSR count). The second-order valence-corrected chi connectivity index (χ2v) is 5.96. The van der Waals surface area contributed by atoms with Gasteiger partial charge in [-0.15, -0.1) is 0 Å². The Balaban J connectivity index is 2.86. The van der Waals surface area contributed by atoms with E-state index in [1.807, 2.05) is 18.7 Å². The molecule has 0 aliphatic heterocycles. The summed E-state index contributed by atoms with van der Waals surface area (Å²) in [6, 6.07) is 0.174. The van der Waals surface area contributed by atoms with Gasteiger partial charge in [0.2, 0.25) is 0 Å². The summed E-state index contributed by atoms with van der Waals surface area (Å²) in [5.41, 5.74) is 8.31. The van der Waals surface area contributed by atoms with Crippen LogP contribution >= 0.6 is 0 Å². The van der Waals surface area contributed by atoms with Crippen molar-refractivity contribution in [2.24, 2.45) is 12.8 Å². The van der Waals surface area contributed by atoms with Crippen molar-refractivity contribution in [1.29, 1.82) is 0 Å². The van der Waals surface area contributed by atoms with Gasteiger partial charge in [0.05, 0.1) is 5.69 Å². The van der Waals surface area contributed by atoms with Gasteiger partial charge >= 0.3 is 0 Å². The number of hydrogen-bond donors (Lipinski definition) is 2. The van der Waals surface area contributed by atoms with Gasteiger partial charge in [-0.25, -0.2) is 0 Å². The molecule has 108 valence electrons. The molecule has 0 fully saturated rings. The maximum absolute atomic E-state index is 5.92. The molecule has 1 aromatic heterocycles. The normalized spacial score (nSPS) is 14.2. The largest absolute Gasteiger partial charge is 0.329 e. The molecule has 4 nitrogen and oxygen atoms in total. The number of hydrogen-bond acceptors (Lipinski definition) is 3. The third-order valence-corrected chi connectivity index (χ3v) is 3.12. The lowest BCUT2D eigenvalue weighted by Gasteiger charge is -2.22. The number of nitrogens with one attached hydrogen (secondary N) is 1. The second kappa shape index (κ2) is 6.87. The minimum Gasteiger partial charge on any atom is -0.329 e. The molecule has 0 amide bonds. The first kappa shape index (κ1) is 15.9. The van der Waals surface area contributed by atoms with Gasteiger partial charge < -0.3 is 11.1 Å². The van der Waals surface area contributed by atoms with Gasteiger partial charge in [-0.1, -0.05) is 32.9 Å². The Labute approximate surface area is 117 Å². The van der Waals surface area contributed by atoms with Crippen LogP contribution in [0.4, 0.5) is 0 Å². The van der Waals surface area contributed by atoms with E-state index in [0.29, 0.717) is 6.54 Å². The molecular weight excluding hydrogens is 236 g/mol. The maximum Gasteiger partial charge on any atom is 0.0726 e. The molecule has 0 saturated heterocycles. The molecule has 19 heavy (non-hydrogen) atoms. The van der Waals surface area contributed by atoms with E-state index in [9.17, 15) is 0 Å². The van der Waals surface area contributed by atoms with E-state index in [2.05, 4.69) is 49.5 Å². The summed E-state index contributed by atoms with van der Waals surface area (Å²) in [5.74, 6) is 0. The zero-order valence-electron chi connectivity index (χ0n) is 12.9. The molecule has 1 unspecified atom stereocenters. The number of rotatable bonds is 6. The van der Waals surface area contributed by atoms with Gasteiger partial charge in [0.25, 0.3) is 0 Å². The molecule has 0 spiro atoms. The van der Waals surface area contributed by atoms with Crippen LogP contribution in [0.15, 0.2) is 18.3 Å². The number of aryl methyl sites for hydroxylation is 1. The summed E-state index contributed by atoms with van der Waals surface area (Å²) in [6.07, 6.45) is 7.34. The summed E-state index contributed by atoms with van der Waals surface area (Å²) in [4.78, 5) is 0. The molecule has 0 saturated carbocycles. The zero-order valence-corrected chi connectivity index (χ0v) is 12.9. The molecule has 1 heterocycles. The van der Waals surface area contributed by atoms with Gasteiger partial charge in [-0.3, -0.25) is 4.68 Å². The Morgan fingerprint density at radius 1 is 1.47 bits per heavy atom. The topological polar surface area (TPSA) is 55.9 Å². The lowest BCUT2D eigenvalue weighted by Crippen LogP contribution is -2.30. The van der Waals surface area contributed by atoms with Crippen LogP contribution in [0, 0.1) is 0 Å². The van der Waals surface area contributed by atoms with E-state index in [4.69, 9.17) is 5.73 Å². The Morgan fingerprint density at radius 2 is 2.16 bits per heavy atom. The van der Waals surface area contributed by atoms with E-state index < -0.39 is 0 Å². The van der Waals surface area contributed by atoms with Crippen LogP contribution in [0.1, 0.15) is 51.4 Å². The van der Waals surface area contributed by atoms with E-state index in [-0.39, 0.29) is 11.5 Å². The standard InChI is InChI=1S/C15H28N4/c1-6-7-8-9-17-13(10-16)12-11-19(5)18-14(12)15(2,3)4/h6-7,11,13,17H,8-10,16H2,1-5H3/b7-6+. The number of nitrogens with two attached hydrogens (primary N) is 1. The van der Waals surface area contributed by atoms with Crippen LogP contribution in [0.2, 0.25) is 0 Å². The van der Waals surface area contributed by atoms with Crippen molar-refractivity contribution in [3.05, 3.63) is 29.6 Å². The van der Waals surface area contributed by atoms with Crippen LogP contribution in [-0.4, -0.2) is 22.9 Å². The fourth-order valence-electron chi connectivity index (χ4n) is 2.17. The highest BCUT2D eigenvalue weighted by Gasteiger charge is 2.25. The lowest BCUT2D eigenvalue weighted by molar-refractivity contribution is 0.510. The van der Waals surface area contributed by atoms with Crippen molar-refractivity contribution >= 4 is 0 Å². The Hall–Kier alpha value is -1.13. The molecular formula is C15H28N4. The Morgan fingerprint density at radius 3 is 2.68 bits per heavy atom. The van der Waals surface area contributed by atoms with E-state index >= 15 is 0 Å². The third-order valence-electron chi connectivity index (χ3n) is 3.12. The first-order valence-corrected chi connectivity index (χ1v) is 6.98. The number of aromatic nitrogens is 2. The number of allylic oxidation sites excluding steroid dienone is 1. The summed E-state index contributed by atoms with van der Waals surface area (Å²) in [7, 11) is 1.96. The van der Waals surface area contributed by atoms with Crippen LogP contribution in [-0.2, 0) is 12.5 Å². The molecule has 0 aromatic carbocycles. The van der Waals surface area contributed by atoms with Crippen LogP contribution in [0.3, 0.4) is 0 Å². The fourth-order valence-corrected chi connectivity index (χ4v) is 2.17. The highest BCUT2D eigenvalue weighted by atomic mass is 15.3. The summed E-state index contributed by atoms with van der Waals surface area (Å²) in [5, 5.41) is 8.12. The van der Waals surface area contributed by atoms with Crippen LogP contribution < -0.4 is 11.1 Å². The first-order valence-electron chi connectivity index (χ1n) is 6.98. The van der Waals surface area contributed by atoms with Gasteiger partial charge in [0.15, 0.2) is 0 Å². The van der Waals surface area contributed by atoms with Crippen LogP contribution in [0.5, 0.6) is 0 Å². The average molecular weight is 264 g/mol. The lowest BCUT2D eigenvalue weighted by atomic mass is 9.87. The minimum absolute atomic E-state index is 0.0367. The fraction of sp³-hybridized carbons (Fsp3) is 0.667. The van der Waals surface area contributed by atoms with Gasteiger partial charge in [-0.2, -0.15) is 5.10 Å². The Bertz CT molecular complexity index is 412. The van der Waals surface area contributed by atoms with Crippen molar-refractivity contribution in [2.75, 3.05) is 13.1 Å². The van der Waals surface area contributed by atoms with Crippen LogP contribution in [0.25, 0.3) is 0 Å². The predicted octanol–water partition coefficient (Wildman–Crippen LogP) is 2.27. The minimum atomic E-state index is 0.0367. The predicted molar refractivity (Wildman–Crippen MR) is 81.1 cm³/mol. The highest BCUT2D eigenvalue weighted by Crippen LogP contribution is 2.27. The Kier molecular flexibility index (Phi) is 5.76. The first-order chi connectivity index (χ1) is 8.90. The summed E-state index contributed by atoms with van der Waals surface area (Å²) in [6.45, 7) is 10.1. The molecule has 0 radical (unpaired) electrons. The van der Waals surface area contributed by atoms with Gasteiger partial charge in [0.1, 0.15) is 0 Å². The zero-order chi connectivity index (χ0) is 14.5. The van der Waals surface area contributed by atoms with E-state index in [1.165, 1.54) is 5.56 Å². The molecule has 4 heteroatoms. The second-order valence-electron chi connectivity index (χ2n) is 5.96. The maximum atomic E-state index is 5.92. The molecule has 0 bridgehead atoms. The van der Waals surface area contributed by atoms with E-state index in [0.717, 1.165) is 18.7 Å². The number of nitrogens with zero attached hydrogens (tertiary/aromatic N) is 2. The van der Waals surface area contributed by atoms with E-state index in [1.54, 1.807) is 0 Å². The van der Waals surface area contributed by atoms with Crippen molar-refractivity contribution in [2.45, 2.75) is 45.6 Å². The highest BCUT2D eigenvalue weighted by molar-refractivity contribution is 5.27. The van der Waals surface area contributed by atoms with Crippen molar-refractivity contribution in [3.63, 3.8) is 0 Å². The quantitative estimate of drug-likeness (QED) is 0.612.